The number of carboxylic acid groups (broad SMARTS) is 1. The number of anilines is 2. The van der Waals surface area contributed by atoms with Crippen LogP contribution in [0.25, 0.3) is 0 Å². The molecule has 41 heavy (non-hydrogen) atoms. The van der Waals surface area contributed by atoms with Gasteiger partial charge in [-0.15, -0.1) is 0 Å². The van der Waals surface area contributed by atoms with Crippen LogP contribution in [-0.2, 0) is 15.9 Å². The lowest BCUT2D eigenvalue weighted by Gasteiger charge is -2.47. The minimum absolute atomic E-state index is 0.107. The number of hydrogen-bond acceptors (Lipinski definition) is 5. The molecule has 0 saturated carbocycles. The molecule has 2 aromatic carbocycles. The summed E-state index contributed by atoms with van der Waals surface area (Å²) in [6.07, 6.45) is 2.67. The zero-order valence-electron chi connectivity index (χ0n) is 23.3. The number of nitrogens with zero attached hydrogens (tertiary/aromatic N) is 5. The predicted molar refractivity (Wildman–Crippen MR) is 157 cm³/mol. The number of aliphatic carboxylic acids is 1. The molecule has 0 unspecified atom stereocenters. The third-order valence-electron chi connectivity index (χ3n) is 7.70. The van der Waals surface area contributed by atoms with Crippen LogP contribution in [0, 0.1) is 0 Å². The minimum atomic E-state index is -2.57. The van der Waals surface area contributed by atoms with E-state index in [4.69, 9.17) is 0 Å². The normalized spacial score (nSPS) is 20.0. The van der Waals surface area contributed by atoms with Gasteiger partial charge in [-0.3, -0.25) is 9.88 Å². The zero-order chi connectivity index (χ0) is 29.3. The van der Waals surface area contributed by atoms with Crippen molar-refractivity contribution >= 4 is 42.0 Å². The lowest BCUT2D eigenvalue weighted by molar-refractivity contribution is -0.145. The highest BCUT2D eigenvalue weighted by Gasteiger charge is 2.54. The van der Waals surface area contributed by atoms with Gasteiger partial charge in [0.05, 0.1) is 28.9 Å². The molecule has 0 aliphatic carbocycles. The Balaban J connectivity index is 1.41. The van der Waals surface area contributed by atoms with Gasteiger partial charge in [0.15, 0.2) is 6.04 Å². The first-order chi connectivity index (χ1) is 19.6. The van der Waals surface area contributed by atoms with E-state index in [1.807, 2.05) is 60.7 Å². The Hall–Kier alpha value is -4.17. The third kappa shape index (κ3) is 5.70. The number of likely N-dealkylation sites (tertiary alicyclic amines) is 1. The number of hydrogen-bond donors (Lipinski definition) is 1. The second-order valence-corrected chi connectivity index (χ2v) is 14.1. The van der Waals surface area contributed by atoms with E-state index in [-0.39, 0.29) is 25.2 Å². The van der Waals surface area contributed by atoms with Crippen molar-refractivity contribution in [2.75, 3.05) is 31.8 Å². The number of amides is 4. The van der Waals surface area contributed by atoms with Crippen LogP contribution in [0.2, 0.25) is 0 Å². The number of carbonyl (C=O) groups excluding carboxylic acids is 2. The van der Waals surface area contributed by atoms with Crippen LogP contribution in [0.4, 0.5) is 21.0 Å². The highest BCUT2D eigenvalue weighted by molar-refractivity contribution is 7.69. The monoisotopic (exact) mass is 575 g/mol. The van der Waals surface area contributed by atoms with Crippen molar-refractivity contribution in [1.29, 1.82) is 0 Å². The number of benzene rings is 2. The minimum Gasteiger partial charge on any atom is -0.480 e. The number of piperazine rings is 1. The van der Waals surface area contributed by atoms with E-state index >= 15 is 0 Å². The van der Waals surface area contributed by atoms with Crippen molar-refractivity contribution in [3.63, 3.8) is 0 Å². The van der Waals surface area contributed by atoms with Crippen LogP contribution in [0.5, 0.6) is 0 Å². The van der Waals surface area contributed by atoms with Crippen LogP contribution >= 0.6 is 7.14 Å². The highest BCUT2D eigenvalue weighted by atomic mass is 31.2. The lowest BCUT2D eigenvalue weighted by atomic mass is 10.0. The quantitative estimate of drug-likeness (QED) is 0.435. The van der Waals surface area contributed by atoms with Crippen molar-refractivity contribution in [1.82, 2.24) is 19.7 Å². The first kappa shape index (κ1) is 28.4. The van der Waals surface area contributed by atoms with E-state index in [1.165, 1.54) is 14.7 Å². The van der Waals surface area contributed by atoms with Crippen molar-refractivity contribution in [2.24, 2.45) is 0 Å². The molecule has 3 heterocycles. The van der Waals surface area contributed by atoms with Gasteiger partial charge in [0.2, 0.25) is 0 Å². The fourth-order valence-electron chi connectivity index (χ4n) is 5.79. The van der Waals surface area contributed by atoms with Gasteiger partial charge in [-0.05, 0) is 68.1 Å². The fraction of sp³-hybridized carbons (Fsp3) is 0.333. The van der Waals surface area contributed by atoms with Crippen LogP contribution in [0.1, 0.15) is 18.4 Å². The van der Waals surface area contributed by atoms with E-state index in [2.05, 4.69) is 4.98 Å². The summed E-state index contributed by atoms with van der Waals surface area (Å²) in [7, 11) is -0.903. The maximum Gasteiger partial charge on any atom is 0.329 e. The molecule has 3 aromatic rings. The number of urea groups is 2. The maximum absolute atomic E-state index is 14.1. The number of pyridine rings is 1. The zero-order valence-corrected chi connectivity index (χ0v) is 24.2. The van der Waals surface area contributed by atoms with Gasteiger partial charge in [-0.25, -0.2) is 14.4 Å². The molecule has 2 saturated heterocycles. The predicted octanol–water partition coefficient (Wildman–Crippen LogP) is 4.44. The Morgan fingerprint density at radius 1 is 0.951 bits per heavy atom. The maximum atomic E-state index is 14.1. The molecule has 0 radical (unpaired) electrons. The van der Waals surface area contributed by atoms with Crippen LogP contribution in [0.3, 0.4) is 0 Å². The Bertz CT molecular complexity index is 1440. The summed E-state index contributed by atoms with van der Waals surface area (Å²) in [5, 5.41) is 10.4. The summed E-state index contributed by atoms with van der Waals surface area (Å²) in [6.45, 7) is 3.65. The molecule has 2 aliphatic rings. The summed E-state index contributed by atoms with van der Waals surface area (Å²) in [4.78, 5) is 50.9. The average molecular weight is 576 g/mol. The lowest BCUT2D eigenvalue weighted by Crippen LogP contribution is -2.67. The van der Waals surface area contributed by atoms with E-state index in [1.54, 1.807) is 43.6 Å². The topological polar surface area (TPSA) is 114 Å². The molecule has 5 rings (SSSR count). The average Bonchev–Trinajstić information content (AvgIpc) is 3.25. The fourth-order valence-corrected chi connectivity index (χ4v) is 6.61. The van der Waals surface area contributed by atoms with Gasteiger partial charge in [-0.1, -0.05) is 36.4 Å². The molecule has 10 nitrogen and oxygen atoms in total. The first-order valence-electron chi connectivity index (χ1n) is 13.5. The van der Waals surface area contributed by atoms with Crippen LogP contribution in [0.15, 0.2) is 79.0 Å². The Morgan fingerprint density at radius 3 is 2.12 bits per heavy atom. The number of para-hydroxylation sites is 2. The van der Waals surface area contributed by atoms with E-state index in [0.29, 0.717) is 29.7 Å². The molecule has 0 spiro atoms. The molecule has 11 heteroatoms. The van der Waals surface area contributed by atoms with Gasteiger partial charge >= 0.3 is 18.0 Å². The Labute approximate surface area is 239 Å². The molecule has 2 bridgehead atoms. The van der Waals surface area contributed by atoms with Crippen molar-refractivity contribution in [3.05, 3.63) is 84.6 Å². The number of carboxylic acids is 1. The summed E-state index contributed by atoms with van der Waals surface area (Å²) < 4.78 is 12.5. The molecule has 3 atom stereocenters. The number of carbonyl (C=O) groups is 3. The van der Waals surface area contributed by atoms with Crippen molar-refractivity contribution in [2.45, 2.75) is 37.5 Å². The Morgan fingerprint density at radius 2 is 1.56 bits per heavy atom. The first-order valence-corrected chi connectivity index (χ1v) is 16.1. The molecule has 2 aliphatic heterocycles. The molecule has 4 amide bonds. The van der Waals surface area contributed by atoms with E-state index in [0.717, 1.165) is 5.56 Å². The van der Waals surface area contributed by atoms with Crippen molar-refractivity contribution < 1.29 is 24.1 Å². The molecule has 1 aromatic heterocycles. The van der Waals surface area contributed by atoms with Crippen LogP contribution < -0.4 is 10.3 Å². The van der Waals surface area contributed by atoms with E-state index in [9.17, 15) is 24.1 Å². The number of aromatic nitrogens is 1. The summed E-state index contributed by atoms with van der Waals surface area (Å²) >= 11 is 0. The van der Waals surface area contributed by atoms with Crippen molar-refractivity contribution in [3.8, 4) is 0 Å². The van der Waals surface area contributed by atoms with E-state index < -0.39 is 31.2 Å². The number of rotatable bonds is 6. The summed E-state index contributed by atoms with van der Waals surface area (Å²) in [5.74, 6) is -1.15. The van der Waals surface area contributed by atoms with Gasteiger partial charge < -0.3 is 24.4 Å². The molecule has 1 N–H and O–H groups in total. The molecule has 2 fully saturated rings. The largest absolute Gasteiger partial charge is 0.480 e. The summed E-state index contributed by atoms with van der Waals surface area (Å²) in [6, 6.07) is 18.9. The van der Waals surface area contributed by atoms with Gasteiger partial charge in [0, 0.05) is 26.3 Å². The third-order valence-corrected chi connectivity index (χ3v) is 9.05. The second-order valence-electron chi connectivity index (χ2n) is 10.9. The second kappa shape index (κ2) is 11.4. The molecular weight excluding hydrogens is 541 g/mol. The summed E-state index contributed by atoms with van der Waals surface area (Å²) in [5.41, 5.74) is 2.53. The van der Waals surface area contributed by atoms with Gasteiger partial charge in [0.25, 0.3) is 0 Å². The smallest absolute Gasteiger partial charge is 0.329 e. The molecule has 214 valence electrons. The number of fused-ring (bicyclic) bond motifs is 2. The van der Waals surface area contributed by atoms with Gasteiger partial charge in [0.1, 0.15) is 7.14 Å². The molecular formula is C30H34N5O5P. The Kier molecular flexibility index (Phi) is 7.87. The SMILES string of the molecule is CN(Cc1ccnc(P(C)(C)=O)c1)C(=O)N1[C@H]2CC[C@@H]1[C@@H](C(=O)O)N(C(=O)N(c1ccccc1)c1ccccc1)C2. The highest BCUT2D eigenvalue weighted by Crippen LogP contribution is 2.38. The van der Waals surface area contributed by atoms with Gasteiger partial charge in [-0.2, -0.15) is 0 Å². The standard InChI is InChI=1S/C30H34N5O5P/c1-32(19-21-16-17-31-26(18-21)41(2,3)40)29(38)35-24-14-15-25(35)27(28(36)37)33(20-24)30(39)34(22-10-6-4-7-11-22)23-12-8-5-9-13-23/h4-13,16-18,24-25,27H,14-15,19-20H2,1-3H3,(H,36,37)/t24-,25+,27-/m0/s1. The van der Waals surface area contributed by atoms with Crippen LogP contribution in [-0.4, -0.2) is 87.9 Å².